The van der Waals surface area contributed by atoms with Crippen LogP contribution in [0.3, 0.4) is 0 Å². The van der Waals surface area contributed by atoms with Gasteiger partial charge in [0.1, 0.15) is 22.3 Å². The van der Waals surface area contributed by atoms with Crippen molar-refractivity contribution in [1.29, 1.82) is 0 Å². The average molecular weight is 306 g/mol. The highest BCUT2D eigenvalue weighted by atomic mass is 35.5. The molecule has 0 heterocycles. The molecule has 0 aliphatic heterocycles. The minimum Gasteiger partial charge on any atom is -0.486 e. The lowest BCUT2D eigenvalue weighted by molar-refractivity contribution is 0.0819. The van der Waals surface area contributed by atoms with Crippen LogP contribution in [0, 0.1) is 0 Å². The zero-order valence-corrected chi connectivity index (χ0v) is 10.5. The molecule has 1 aromatic carbocycles. The highest BCUT2D eigenvalue weighted by Crippen LogP contribution is 2.36. The predicted octanol–water partition coefficient (Wildman–Crippen LogP) is 2.28. The number of rotatable bonds is 4. The van der Waals surface area contributed by atoms with E-state index in [4.69, 9.17) is 28.3 Å². The number of primary sulfonamides is 1. The zero-order valence-electron chi connectivity index (χ0n) is 8.16. The number of sulfonamides is 1. The number of halogens is 4. The minimum atomic E-state index is -4.02. The van der Waals surface area contributed by atoms with Crippen LogP contribution < -0.4 is 9.88 Å². The summed E-state index contributed by atoms with van der Waals surface area (Å²) in [5.41, 5.74) is 0. The van der Waals surface area contributed by atoms with Gasteiger partial charge in [0.2, 0.25) is 10.0 Å². The lowest BCUT2D eigenvalue weighted by Gasteiger charge is -2.10. The first-order valence-corrected chi connectivity index (χ1v) is 6.45. The van der Waals surface area contributed by atoms with E-state index >= 15 is 0 Å². The van der Waals surface area contributed by atoms with Gasteiger partial charge in [0.05, 0.1) is 5.02 Å². The van der Waals surface area contributed by atoms with Crippen LogP contribution in [0.4, 0.5) is 8.78 Å². The number of hydrogen-bond donors (Lipinski definition) is 1. The number of alkyl halides is 2. The van der Waals surface area contributed by atoms with Crippen LogP contribution in [0.25, 0.3) is 0 Å². The van der Waals surface area contributed by atoms with Gasteiger partial charge in [-0.15, -0.1) is 0 Å². The van der Waals surface area contributed by atoms with Gasteiger partial charge in [0.25, 0.3) is 6.43 Å². The normalized spacial score (nSPS) is 11.9. The fourth-order valence-corrected chi connectivity index (χ4v) is 2.36. The summed E-state index contributed by atoms with van der Waals surface area (Å²) < 4.78 is 50.6. The van der Waals surface area contributed by atoms with E-state index in [2.05, 4.69) is 4.74 Å². The van der Waals surface area contributed by atoms with Crippen LogP contribution in [-0.2, 0) is 10.0 Å². The molecular formula is C8H7Cl2F2NO3S. The zero-order chi connectivity index (χ0) is 13.2. The van der Waals surface area contributed by atoms with E-state index in [1.54, 1.807) is 0 Å². The molecule has 0 atom stereocenters. The van der Waals surface area contributed by atoms with E-state index in [1.807, 2.05) is 0 Å². The molecule has 0 spiro atoms. The lowest BCUT2D eigenvalue weighted by atomic mass is 10.3. The van der Waals surface area contributed by atoms with Crippen molar-refractivity contribution in [2.75, 3.05) is 6.61 Å². The molecule has 9 heteroatoms. The molecule has 1 rings (SSSR count). The summed E-state index contributed by atoms with van der Waals surface area (Å²) in [6.45, 7) is -0.870. The Morgan fingerprint density at radius 1 is 1.29 bits per heavy atom. The maximum Gasteiger partial charge on any atom is 0.272 e. The van der Waals surface area contributed by atoms with Gasteiger partial charge in [0, 0.05) is 0 Å². The van der Waals surface area contributed by atoms with Crippen LogP contribution in [0.1, 0.15) is 0 Å². The second kappa shape index (κ2) is 5.34. The molecule has 0 unspecified atom stereocenters. The second-order valence-corrected chi connectivity index (χ2v) is 5.22. The smallest absolute Gasteiger partial charge is 0.272 e. The largest absolute Gasteiger partial charge is 0.486 e. The van der Waals surface area contributed by atoms with E-state index in [1.165, 1.54) is 0 Å². The topological polar surface area (TPSA) is 69.4 Å². The van der Waals surface area contributed by atoms with Crippen LogP contribution in [0.5, 0.6) is 5.75 Å². The summed E-state index contributed by atoms with van der Waals surface area (Å²) in [5.74, 6) is -0.135. The second-order valence-electron chi connectivity index (χ2n) is 2.94. The van der Waals surface area contributed by atoms with Gasteiger partial charge in [-0.3, -0.25) is 0 Å². The Morgan fingerprint density at radius 3 is 2.35 bits per heavy atom. The predicted molar refractivity (Wildman–Crippen MR) is 59.3 cm³/mol. The van der Waals surface area contributed by atoms with Crippen molar-refractivity contribution in [3.63, 3.8) is 0 Å². The lowest BCUT2D eigenvalue weighted by Crippen LogP contribution is -2.13. The summed E-state index contributed by atoms with van der Waals surface area (Å²) in [7, 11) is -4.02. The maximum atomic E-state index is 11.9. The Hall–Kier alpha value is -0.630. The van der Waals surface area contributed by atoms with E-state index in [0.717, 1.165) is 12.1 Å². The molecule has 0 aromatic heterocycles. The Morgan fingerprint density at radius 2 is 1.88 bits per heavy atom. The first-order chi connectivity index (χ1) is 7.73. The Balaban J connectivity index is 3.11. The van der Waals surface area contributed by atoms with Gasteiger partial charge in [-0.2, -0.15) is 0 Å². The maximum absolute atomic E-state index is 11.9. The fraction of sp³-hybridized carbons (Fsp3) is 0.250. The van der Waals surface area contributed by atoms with Crippen LogP contribution in [0.15, 0.2) is 17.0 Å². The molecule has 0 fully saturated rings. The summed E-state index contributed by atoms with van der Waals surface area (Å²) in [5, 5.41) is 4.23. The first kappa shape index (κ1) is 14.4. The molecule has 0 amide bonds. The third-order valence-electron chi connectivity index (χ3n) is 1.68. The first-order valence-electron chi connectivity index (χ1n) is 4.15. The van der Waals surface area contributed by atoms with Crippen molar-refractivity contribution in [3.8, 4) is 5.75 Å². The summed E-state index contributed by atoms with van der Waals surface area (Å²) in [6.07, 6.45) is -2.68. The number of ether oxygens (including phenoxy) is 1. The van der Waals surface area contributed by atoms with E-state index in [-0.39, 0.29) is 15.8 Å². The quantitative estimate of drug-likeness (QED) is 0.928. The van der Waals surface area contributed by atoms with Crippen molar-refractivity contribution in [3.05, 3.63) is 22.2 Å². The molecule has 17 heavy (non-hydrogen) atoms. The van der Waals surface area contributed by atoms with E-state index < -0.39 is 28.0 Å². The van der Waals surface area contributed by atoms with Crippen LogP contribution in [0.2, 0.25) is 10.0 Å². The fourth-order valence-electron chi connectivity index (χ4n) is 0.998. The summed E-state index contributed by atoms with van der Waals surface area (Å²) in [4.78, 5) is -0.395. The number of hydrogen-bond acceptors (Lipinski definition) is 3. The summed E-state index contributed by atoms with van der Waals surface area (Å²) in [6, 6.07) is 2.14. The summed E-state index contributed by atoms with van der Waals surface area (Å²) >= 11 is 11.3. The van der Waals surface area contributed by atoms with Crippen molar-refractivity contribution >= 4 is 33.2 Å². The van der Waals surface area contributed by atoms with Crippen molar-refractivity contribution in [2.24, 2.45) is 5.14 Å². The van der Waals surface area contributed by atoms with Gasteiger partial charge in [0.15, 0.2) is 0 Å². The molecule has 0 bridgehead atoms. The minimum absolute atomic E-state index is 0.135. The third-order valence-corrected chi connectivity index (χ3v) is 3.61. The van der Waals surface area contributed by atoms with Gasteiger partial charge in [-0.1, -0.05) is 23.2 Å². The molecule has 0 saturated heterocycles. The monoisotopic (exact) mass is 305 g/mol. The van der Waals surface area contributed by atoms with Crippen molar-refractivity contribution in [1.82, 2.24) is 0 Å². The Bertz CT molecular complexity index is 522. The molecule has 0 radical (unpaired) electrons. The Labute approximate surface area is 106 Å². The molecule has 96 valence electrons. The molecular weight excluding hydrogens is 299 g/mol. The number of nitrogens with two attached hydrogens (primary N) is 1. The van der Waals surface area contributed by atoms with Crippen molar-refractivity contribution < 1.29 is 21.9 Å². The SMILES string of the molecule is NS(=O)(=O)c1ccc(OCC(F)F)c(Cl)c1Cl. The molecule has 1 aromatic rings. The van der Waals surface area contributed by atoms with Gasteiger partial charge < -0.3 is 4.74 Å². The highest BCUT2D eigenvalue weighted by molar-refractivity contribution is 7.89. The van der Waals surface area contributed by atoms with E-state index in [9.17, 15) is 17.2 Å². The van der Waals surface area contributed by atoms with Gasteiger partial charge in [-0.25, -0.2) is 22.3 Å². The Kier molecular flexibility index (Phi) is 4.54. The molecule has 0 aliphatic rings. The molecule has 2 N–H and O–H groups in total. The third kappa shape index (κ3) is 3.67. The number of benzene rings is 1. The van der Waals surface area contributed by atoms with Gasteiger partial charge >= 0.3 is 0 Å². The standard InChI is InChI=1S/C8H7Cl2F2NO3S/c9-7-4(16-3-6(11)12)1-2-5(8(7)10)17(13,14)15/h1-2,6H,3H2,(H2,13,14,15). The highest BCUT2D eigenvalue weighted by Gasteiger charge is 2.19. The average Bonchev–Trinajstić information content (AvgIpc) is 2.18. The molecule has 4 nitrogen and oxygen atoms in total. The molecule has 0 saturated carbocycles. The van der Waals surface area contributed by atoms with Crippen LogP contribution >= 0.6 is 23.2 Å². The van der Waals surface area contributed by atoms with Crippen molar-refractivity contribution in [2.45, 2.75) is 11.3 Å². The van der Waals surface area contributed by atoms with Crippen LogP contribution in [-0.4, -0.2) is 21.5 Å². The van der Waals surface area contributed by atoms with E-state index in [0.29, 0.717) is 0 Å². The molecule has 0 aliphatic carbocycles. The van der Waals surface area contributed by atoms with Gasteiger partial charge in [-0.05, 0) is 12.1 Å².